The van der Waals surface area contributed by atoms with E-state index < -0.39 is 0 Å². The van der Waals surface area contributed by atoms with E-state index in [-0.39, 0.29) is 0 Å². The highest BCUT2D eigenvalue weighted by Gasteiger charge is 2.17. The maximum atomic E-state index is 9.76. The van der Waals surface area contributed by atoms with Crippen molar-refractivity contribution in [3.8, 4) is 23.1 Å². The van der Waals surface area contributed by atoms with Crippen LogP contribution in [0.15, 0.2) is 67.1 Å². The van der Waals surface area contributed by atoms with E-state index in [0.29, 0.717) is 18.8 Å². The number of morpholine rings is 1. The van der Waals surface area contributed by atoms with Gasteiger partial charge in [-0.1, -0.05) is 18.2 Å². The molecule has 0 unspecified atom stereocenters. The molecule has 0 atom stereocenters. The molecular weight excluding hydrogens is 362 g/mol. The van der Waals surface area contributed by atoms with Crippen molar-refractivity contribution in [3.05, 3.63) is 72.7 Å². The molecule has 0 saturated carbocycles. The molecule has 0 bridgehead atoms. The lowest BCUT2D eigenvalue weighted by Gasteiger charge is -2.29. The Kier molecular flexibility index (Phi) is 4.43. The quantitative estimate of drug-likeness (QED) is 0.540. The number of imidazole rings is 1. The highest BCUT2D eigenvalue weighted by atomic mass is 16.5. The molecule has 0 N–H and O–H groups in total. The molecule has 4 aromatic rings. The van der Waals surface area contributed by atoms with Crippen molar-refractivity contribution in [2.45, 2.75) is 0 Å². The molecule has 0 radical (unpaired) electrons. The van der Waals surface area contributed by atoms with E-state index in [1.54, 1.807) is 12.4 Å². The van der Waals surface area contributed by atoms with Gasteiger partial charge in [-0.25, -0.2) is 4.98 Å². The maximum Gasteiger partial charge on any atom is 0.145 e. The van der Waals surface area contributed by atoms with Crippen LogP contribution in [-0.4, -0.2) is 40.8 Å². The van der Waals surface area contributed by atoms with Gasteiger partial charge >= 0.3 is 0 Å². The van der Waals surface area contributed by atoms with Crippen molar-refractivity contribution in [1.29, 1.82) is 5.26 Å². The molecule has 6 heteroatoms. The zero-order valence-electron chi connectivity index (χ0n) is 15.8. The van der Waals surface area contributed by atoms with Gasteiger partial charge in [0.1, 0.15) is 11.9 Å². The lowest BCUT2D eigenvalue weighted by Crippen LogP contribution is -2.36. The number of benzene rings is 2. The summed E-state index contributed by atoms with van der Waals surface area (Å²) >= 11 is 0. The Hall–Kier alpha value is -3.69. The SMILES string of the molecule is N#Cc1cc(-n2ccnc2-c2cccc3ncccc23)ccc1N1CCOCC1. The maximum absolute atomic E-state index is 9.76. The summed E-state index contributed by atoms with van der Waals surface area (Å²) in [5.74, 6) is 0.826. The van der Waals surface area contributed by atoms with Crippen molar-refractivity contribution in [1.82, 2.24) is 14.5 Å². The summed E-state index contributed by atoms with van der Waals surface area (Å²) in [6, 6.07) is 18.4. The van der Waals surface area contributed by atoms with Crippen LogP contribution in [0.3, 0.4) is 0 Å². The second-order valence-corrected chi connectivity index (χ2v) is 6.91. The molecular formula is C23H19N5O. The van der Waals surface area contributed by atoms with Crippen LogP contribution in [-0.2, 0) is 4.74 Å². The second-order valence-electron chi connectivity index (χ2n) is 6.91. The Morgan fingerprint density at radius 2 is 1.86 bits per heavy atom. The number of hydrogen-bond acceptors (Lipinski definition) is 5. The third-order valence-electron chi connectivity index (χ3n) is 5.26. The Bertz CT molecular complexity index is 1210. The fourth-order valence-corrected chi connectivity index (χ4v) is 3.85. The number of fused-ring (bicyclic) bond motifs is 1. The van der Waals surface area contributed by atoms with Gasteiger partial charge < -0.3 is 9.64 Å². The van der Waals surface area contributed by atoms with E-state index in [2.05, 4.69) is 33.1 Å². The molecule has 2 aromatic heterocycles. The van der Waals surface area contributed by atoms with E-state index in [4.69, 9.17) is 4.74 Å². The summed E-state index contributed by atoms with van der Waals surface area (Å²) in [7, 11) is 0. The number of nitriles is 1. The van der Waals surface area contributed by atoms with Gasteiger partial charge in [-0.05, 0) is 30.3 Å². The van der Waals surface area contributed by atoms with Gasteiger partial charge in [0, 0.05) is 48.3 Å². The number of nitrogens with zero attached hydrogens (tertiary/aromatic N) is 5. The molecule has 5 rings (SSSR count). The molecule has 6 nitrogen and oxygen atoms in total. The Balaban J connectivity index is 1.60. The monoisotopic (exact) mass is 381 g/mol. The zero-order chi connectivity index (χ0) is 19.6. The third kappa shape index (κ3) is 3.12. The number of pyridine rings is 1. The average molecular weight is 381 g/mol. The molecule has 0 aliphatic carbocycles. The fourth-order valence-electron chi connectivity index (χ4n) is 3.85. The molecule has 2 aromatic carbocycles. The molecule has 142 valence electrons. The smallest absolute Gasteiger partial charge is 0.145 e. The summed E-state index contributed by atoms with van der Waals surface area (Å²) in [5.41, 5.74) is 4.46. The predicted molar refractivity (Wildman–Crippen MR) is 112 cm³/mol. The van der Waals surface area contributed by atoms with Gasteiger partial charge in [-0.2, -0.15) is 5.26 Å². The molecule has 1 aliphatic heterocycles. The van der Waals surface area contributed by atoms with Crippen LogP contribution in [0, 0.1) is 11.3 Å². The third-order valence-corrected chi connectivity index (χ3v) is 5.26. The van der Waals surface area contributed by atoms with E-state index in [0.717, 1.165) is 46.8 Å². The lowest BCUT2D eigenvalue weighted by atomic mass is 10.1. The molecule has 1 saturated heterocycles. The predicted octanol–water partition coefficient (Wildman–Crippen LogP) is 3.80. The number of hydrogen-bond donors (Lipinski definition) is 0. The highest BCUT2D eigenvalue weighted by molar-refractivity contribution is 5.93. The standard InChI is InChI=1S/C23H19N5O/c24-16-17-15-18(6-7-22(17)27-11-13-29-14-12-27)28-10-9-26-23(28)20-3-1-5-21-19(20)4-2-8-25-21/h1-10,15H,11-14H2. The molecule has 1 fully saturated rings. The minimum absolute atomic E-state index is 0.656. The van der Waals surface area contributed by atoms with Crippen molar-refractivity contribution in [2.75, 3.05) is 31.2 Å². The molecule has 29 heavy (non-hydrogen) atoms. The fraction of sp³-hybridized carbons (Fsp3) is 0.174. The summed E-state index contributed by atoms with van der Waals surface area (Å²) in [6.45, 7) is 2.97. The first-order valence-corrected chi connectivity index (χ1v) is 9.60. The largest absolute Gasteiger partial charge is 0.378 e. The number of ether oxygens (including phenoxy) is 1. The van der Waals surface area contributed by atoms with Gasteiger partial charge in [-0.3, -0.25) is 9.55 Å². The van der Waals surface area contributed by atoms with Crippen LogP contribution in [0.1, 0.15) is 5.56 Å². The Morgan fingerprint density at radius 1 is 0.966 bits per heavy atom. The first kappa shape index (κ1) is 17.4. The minimum Gasteiger partial charge on any atom is -0.378 e. The summed E-state index contributed by atoms with van der Waals surface area (Å²) < 4.78 is 7.45. The molecule has 1 aliphatic rings. The molecule has 0 amide bonds. The normalized spacial score (nSPS) is 14.1. The van der Waals surface area contributed by atoms with Crippen molar-refractivity contribution in [2.24, 2.45) is 0 Å². The van der Waals surface area contributed by atoms with Gasteiger partial charge in [0.05, 0.1) is 30.0 Å². The van der Waals surface area contributed by atoms with E-state index in [1.807, 2.05) is 47.2 Å². The topological polar surface area (TPSA) is 67.0 Å². The van der Waals surface area contributed by atoms with Crippen molar-refractivity contribution >= 4 is 16.6 Å². The van der Waals surface area contributed by atoms with Crippen LogP contribution in [0.2, 0.25) is 0 Å². The van der Waals surface area contributed by atoms with Gasteiger partial charge in [0.25, 0.3) is 0 Å². The summed E-state index contributed by atoms with van der Waals surface area (Å²) in [4.78, 5) is 11.3. The Labute approximate surface area is 168 Å². The van der Waals surface area contributed by atoms with Crippen molar-refractivity contribution in [3.63, 3.8) is 0 Å². The zero-order valence-corrected chi connectivity index (χ0v) is 15.8. The first-order chi connectivity index (χ1) is 14.3. The lowest BCUT2D eigenvalue weighted by molar-refractivity contribution is 0.122. The number of anilines is 1. The Morgan fingerprint density at radius 3 is 2.72 bits per heavy atom. The van der Waals surface area contributed by atoms with Gasteiger partial charge in [0.15, 0.2) is 0 Å². The van der Waals surface area contributed by atoms with Crippen molar-refractivity contribution < 1.29 is 4.74 Å². The summed E-state index contributed by atoms with van der Waals surface area (Å²) in [6.07, 6.45) is 5.50. The van der Waals surface area contributed by atoms with E-state index >= 15 is 0 Å². The van der Waals surface area contributed by atoms with Crippen LogP contribution < -0.4 is 4.90 Å². The van der Waals surface area contributed by atoms with Crippen LogP contribution >= 0.6 is 0 Å². The molecule has 3 heterocycles. The minimum atomic E-state index is 0.656. The second kappa shape index (κ2) is 7.38. The van der Waals surface area contributed by atoms with E-state index in [1.165, 1.54) is 0 Å². The number of aromatic nitrogens is 3. The van der Waals surface area contributed by atoms with Crippen LogP contribution in [0.5, 0.6) is 0 Å². The molecule has 0 spiro atoms. The van der Waals surface area contributed by atoms with Crippen LogP contribution in [0.25, 0.3) is 28.0 Å². The first-order valence-electron chi connectivity index (χ1n) is 9.60. The average Bonchev–Trinajstić information content (AvgIpc) is 3.28. The van der Waals surface area contributed by atoms with Gasteiger partial charge in [0.2, 0.25) is 0 Å². The van der Waals surface area contributed by atoms with Gasteiger partial charge in [-0.15, -0.1) is 0 Å². The van der Waals surface area contributed by atoms with Crippen LogP contribution in [0.4, 0.5) is 5.69 Å². The van der Waals surface area contributed by atoms with E-state index in [9.17, 15) is 5.26 Å². The summed E-state index contributed by atoms with van der Waals surface area (Å²) in [5, 5.41) is 10.8. The number of rotatable bonds is 3. The highest BCUT2D eigenvalue weighted by Crippen LogP contribution is 2.30.